The molecule has 1 aliphatic heterocycles. The Morgan fingerprint density at radius 3 is 2.86 bits per heavy atom. The Hall–Kier alpha value is -3.32. The lowest BCUT2D eigenvalue weighted by molar-refractivity contribution is -0.142. The molecular weight excluding hydrogens is 458 g/mol. The summed E-state index contributed by atoms with van der Waals surface area (Å²) in [6.07, 6.45) is 4.50. The fourth-order valence-corrected chi connectivity index (χ4v) is 5.71. The van der Waals surface area contributed by atoms with E-state index in [0.717, 1.165) is 47.9 Å². The number of ether oxygens (including phenoxy) is 2. The molecule has 7 nitrogen and oxygen atoms in total. The number of methoxy groups -OCH3 is 1. The van der Waals surface area contributed by atoms with Crippen molar-refractivity contribution >= 4 is 16.9 Å². The van der Waals surface area contributed by atoms with Crippen LogP contribution in [0.15, 0.2) is 51.7 Å². The maximum absolute atomic E-state index is 13.1. The fourth-order valence-electron chi connectivity index (χ4n) is 5.71. The van der Waals surface area contributed by atoms with Crippen molar-refractivity contribution in [2.75, 3.05) is 20.2 Å². The number of aliphatic hydroxyl groups is 1. The molecule has 1 saturated carbocycles. The van der Waals surface area contributed by atoms with Crippen LogP contribution in [-0.4, -0.2) is 41.7 Å². The van der Waals surface area contributed by atoms with E-state index in [2.05, 4.69) is 0 Å². The molecule has 1 saturated heterocycles. The van der Waals surface area contributed by atoms with E-state index in [1.807, 2.05) is 48.2 Å². The zero-order valence-corrected chi connectivity index (χ0v) is 20.9. The SMILES string of the molecule is COc1ccccc1COc1ccc2c(C)c(CC(=O)N3CC[C@@]4(O)CCCC[C@H]4C3)c(=O)oc2c1. The number of likely N-dealkylation sites (tertiary alicyclic amines) is 1. The molecule has 2 heterocycles. The first kappa shape index (κ1) is 24.4. The van der Waals surface area contributed by atoms with Crippen LogP contribution in [0, 0.1) is 12.8 Å². The number of hydrogen-bond donors (Lipinski definition) is 1. The van der Waals surface area contributed by atoms with Gasteiger partial charge >= 0.3 is 5.63 Å². The van der Waals surface area contributed by atoms with Gasteiger partial charge in [-0.3, -0.25) is 4.79 Å². The average Bonchev–Trinajstić information content (AvgIpc) is 2.89. The summed E-state index contributed by atoms with van der Waals surface area (Å²) < 4.78 is 16.9. The molecule has 36 heavy (non-hydrogen) atoms. The molecule has 1 amide bonds. The molecule has 1 aromatic heterocycles. The molecule has 1 N–H and O–H groups in total. The number of nitrogens with zero attached hydrogens (tertiary/aromatic N) is 1. The molecule has 0 bridgehead atoms. The minimum Gasteiger partial charge on any atom is -0.496 e. The van der Waals surface area contributed by atoms with E-state index in [0.29, 0.717) is 43.0 Å². The highest BCUT2D eigenvalue weighted by molar-refractivity contribution is 5.85. The molecule has 190 valence electrons. The number of benzene rings is 2. The first-order valence-corrected chi connectivity index (χ1v) is 12.7. The Bertz CT molecular complexity index is 1330. The third kappa shape index (κ3) is 4.72. The molecular formula is C29H33NO6. The number of fused-ring (bicyclic) bond motifs is 2. The third-order valence-corrected chi connectivity index (χ3v) is 7.95. The van der Waals surface area contributed by atoms with Crippen molar-refractivity contribution in [1.29, 1.82) is 0 Å². The van der Waals surface area contributed by atoms with E-state index in [1.165, 1.54) is 0 Å². The monoisotopic (exact) mass is 491 g/mol. The highest BCUT2D eigenvalue weighted by Gasteiger charge is 2.43. The van der Waals surface area contributed by atoms with Crippen LogP contribution in [0.5, 0.6) is 11.5 Å². The van der Waals surface area contributed by atoms with Gasteiger partial charge in [0.25, 0.3) is 0 Å². The number of carbonyl (C=O) groups is 1. The van der Waals surface area contributed by atoms with Gasteiger partial charge in [-0.25, -0.2) is 4.79 Å². The lowest BCUT2D eigenvalue weighted by Gasteiger charge is -2.47. The van der Waals surface area contributed by atoms with Gasteiger partial charge in [-0.2, -0.15) is 0 Å². The van der Waals surface area contributed by atoms with Crippen LogP contribution >= 0.6 is 0 Å². The summed E-state index contributed by atoms with van der Waals surface area (Å²) in [7, 11) is 1.62. The maximum Gasteiger partial charge on any atom is 0.340 e. The second-order valence-electron chi connectivity index (χ2n) is 10.1. The summed E-state index contributed by atoms with van der Waals surface area (Å²) >= 11 is 0. The second kappa shape index (κ2) is 9.97. The Morgan fingerprint density at radius 2 is 2.03 bits per heavy atom. The number of aryl methyl sites for hydroxylation is 1. The predicted molar refractivity (Wildman–Crippen MR) is 136 cm³/mol. The first-order chi connectivity index (χ1) is 17.4. The van der Waals surface area contributed by atoms with Crippen LogP contribution in [0.4, 0.5) is 0 Å². The lowest BCUT2D eigenvalue weighted by atomic mass is 9.71. The number of piperidine rings is 1. The predicted octanol–water partition coefficient (Wildman–Crippen LogP) is 4.39. The minimum atomic E-state index is -0.641. The van der Waals surface area contributed by atoms with Crippen molar-refractivity contribution in [3.63, 3.8) is 0 Å². The normalized spacial score (nSPS) is 21.8. The number of para-hydroxylation sites is 1. The number of carbonyl (C=O) groups excluding carboxylic acids is 1. The fraction of sp³-hybridized carbons (Fsp3) is 0.448. The van der Waals surface area contributed by atoms with Gasteiger partial charge in [0, 0.05) is 36.0 Å². The van der Waals surface area contributed by atoms with E-state index in [9.17, 15) is 14.7 Å². The average molecular weight is 492 g/mol. The summed E-state index contributed by atoms with van der Waals surface area (Å²) in [5.41, 5.74) is 1.34. The van der Waals surface area contributed by atoms with E-state index < -0.39 is 11.2 Å². The molecule has 3 aromatic rings. The zero-order chi connectivity index (χ0) is 25.3. The highest BCUT2D eigenvalue weighted by atomic mass is 16.5. The van der Waals surface area contributed by atoms with Crippen LogP contribution < -0.4 is 15.1 Å². The Balaban J connectivity index is 1.31. The van der Waals surface area contributed by atoms with E-state index in [4.69, 9.17) is 13.9 Å². The van der Waals surface area contributed by atoms with Gasteiger partial charge in [0.05, 0.1) is 24.7 Å². The Morgan fingerprint density at radius 1 is 1.19 bits per heavy atom. The molecule has 2 atom stereocenters. The summed E-state index contributed by atoms with van der Waals surface area (Å²) in [6, 6.07) is 13.0. The van der Waals surface area contributed by atoms with E-state index >= 15 is 0 Å². The number of amides is 1. The molecule has 0 radical (unpaired) electrons. The smallest absolute Gasteiger partial charge is 0.340 e. The molecule has 7 heteroatoms. The van der Waals surface area contributed by atoms with Gasteiger partial charge in [0.1, 0.15) is 23.7 Å². The van der Waals surface area contributed by atoms with Crippen molar-refractivity contribution in [3.05, 3.63) is 69.6 Å². The Labute approximate surface area is 210 Å². The molecule has 0 unspecified atom stereocenters. The van der Waals surface area contributed by atoms with Gasteiger partial charge in [-0.15, -0.1) is 0 Å². The van der Waals surface area contributed by atoms with Crippen LogP contribution in [0.3, 0.4) is 0 Å². The second-order valence-corrected chi connectivity index (χ2v) is 10.1. The molecule has 5 rings (SSSR count). The van der Waals surface area contributed by atoms with Crippen molar-refractivity contribution < 1.29 is 23.8 Å². The van der Waals surface area contributed by atoms with Crippen molar-refractivity contribution in [1.82, 2.24) is 4.90 Å². The zero-order valence-electron chi connectivity index (χ0n) is 20.9. The lowest BCUT2D eigenvalue weighted by Crippen LogP contribution is -2.55. The van der Waals surface area contributed by atoms with Gasteiger partial charge in [0.15, 0.2) is 0 Å². The number of hydrogen-bond acceptors (Lipinski definition) is 6. The summed E-state index contributed by atoms with van der Waals surface area (Å²) in [4.78, 5) is 27.8. The number of rotatable bonds is 6. The molecule has 2 aliphatic rings. The topological polar surface area (TPSA) is 89.2 Å². The molecule has 2 fully saturated rings. The van der Waals surface area contributed by atoms with Gasteiger partial charge in [-0.1, -0.05) is 31.0 Å². The van der Waals surface area contributed by atoms with Crippen LogP contribution in [-0.2, 0) is 17.8 Å². The van der Waals surface area contributed by atoms with Gasteiger partial charge in [0.2, 0.25) is 5.91 Å². The Kier molecular flexibility index (Phi) is 6.75. The van der Waals surface area contributed by atoms with Gasteiger partial charge < -0.3 is 23.9 Å². The van der Waals surface area contributed by atoms with Crippen LogP contribution in [0.2, 0.25) is 0 Å². The van der Waals surface area contributed by atoms with Crippen LogP contribution in [0.1, 0.15) is 48.8 Å². The molecule has 2 aromatic carbocycles. The highest BCUT2D eigenvalue weighted by Crippen LogP contribution is 2.40. The summed E-state index contributed by atoms with van der Waals surface area (Å²) in [5, 5.41) is 11.7. The van der Waals surface area contributed by atoms with Crippen molar-refractivity contribution in [3.8, 4) is 11.5 Å². The van der Waals surface area contributed by atoms with E-state index in [-0.39, 0.29) is 18.2 Å². The largest absolute Gasteiger partial charge is 0.496 e. The summed E-state index contributed by atoms with van der Waals surface area (Å²) in [5.74, 6) is 1.35. The standard InChI is InChI=1S/C29H33NO6/c1-19-23-11-10-22(35-18-20-7-3-4-9-25(20)34-2)15-26(23)36-28(32)24(19)16-27(31)30-14-13-29(33)12-6-5-8-21(29)17-30/h3-4,7,9-11,15,21,33H,5-6,8,12-14,16-18H2,1-2H3/t21-,29-/m0/s1. The quantitative estimate of drug-likeness (QED) is 0.515. The maximum atomic E-state index is 13.1. The van der Waals surface area contributed by atoms with Crippen molar-refractivity contribution in [2.24, 2.45) is 5.92 Å². The summed E-state index contributed by atoms with van der Waals surface area (Å²) in [6.45, 7) is 3.25. The first-order valence-electron chi connectivity index (χ1n) is 12.7. The van der Waals surface area contributed by atoms with Gasteiger partial charge in [-0.05, 0) is 49.9 Å². The minimum absolute atomic E-state index is 0.00130. The molecule has 1 aliphatic carbocycles. The van der Waals surface area contributed by atoms with E-state index in [1.54, 1.807) is 13.2 Å². The van der Waals surface area contributed by atoms with Crippen molar-refractivity contribution in [2.45, 2.75) is 57.7 Å². The van der Waals surface area contributed by atoms with Crippen LogP contribution in [0.25, 0.3) is 11.0 Å². The molecule has 0 spiro atoms. The third-order valence-electron chi connectivity index (χ3n) is 7.95.